The van der Waals surface area contributed by atoms with E-state index in [-0.39, 0.29) is 5.82 Å². The van der Waals surface area contributed by atoms with Crippen LogP contribution in [0.5, 0.6) is 0 Å². The minimum atomic E-state index is -0.221. The van der Waals surface area contributed by atoms with Crippen LogP contribution in [0.2, 0.25) is 0 Å². The summed E-state index contributed by atoms with van der Waals surface area (Å²) in [6, 6.07) is 15.5. The van der Waals surface area contributed by atoms with E-state index >= 15 is 0 Å². The van der Waals surface area contributed by atoms with E-state index in [1.165, 1.54) is 31.5 Å². The van der Waals surface area contributed by atoms with Crippen LogP contribution in [-0.4, -0.2) is 34.2 Å². The standard InChI is InChI=1S/C21H22FN3/c1-15-3-2-11-25(15)12-10-20-13-18-5-4-17(14-21(18)24-23-20)16-6-8-19(22)9-7-16/h4-9,13-15H,2-3,10-12H2,1H3/t15-/m1/s1. The van der Waals surface area contributed by atoms with Gasteiger partial charge < -0.3 is 4.90 Å². The molecular formula is C21H22FN3. The zero-order chi connectivity index (χ0) is 17.2. The number of rotatable bonds is 4. The number of halogens is 1. The molecule has 1 aromatic heterocycles. The van der Waals surface area contributed by atoms with E-state index < -0.39 is 0 Å². The molecule has 1 aliphatic heterocycles. The van der Waals surface area contributed by atoms with Gasteiger partial charge in [0.15, 0.2) is 0 Å². The van der Waals surface area contributed by atoms with Crippen LogP contribution in [0, 0.1) is 5.82 Å². The summed E-state index contributed by atoms with van der Waals surface area (Å²) in [4.78, 5) is 2.53. The van der Waals surface area contributed by atoms with Gasteiger partial charge in [-0.15, -0.1) is 0 Å². The maximum Gasteiger partial charge on any atom is 0.123 e. The highest BCUT2D eigenvalue weighted by atomic mass is 19.1. The predicted molar refractivity (Wildman–Crippen MR) is 98.9 cm³/mol. The van der Waals surface area contributed by atoms with Crippen molar-refractivity contribution in [1.29, 1.82) is 0 Å². The Labute approximate surface area is 147 Å². The van der Waals surface area contributed by atoms with Gasteiger partial charge in [-0.2, -0.15) is 10.2 Å². The maximum absolute atomic E-state index is 13.1. The largest absolute Gasteiger partial charge is 0.300 e. The fraction of sp³-hybridized carbons (Fsp3) is 0.333. The Balaban J connectivity index is 1.53. The van der Waals surface area contributed by atoms with Crippen LogP contribution in [0.4, 0.5) is 4.39 Å². The summed E-state index contributed by atoms with van der Waals surface area (Å²) in [7, 11) is 0. The molecule has 0 aliphatic carbocycles. The monoisotopic (exact) mass is 335 g/mol. The lowest BCUT2D eigenvalue weighted by Gasteiger charge is -2.20. The summed E-state index contributed by atoms with van der Waals surface area (Å²) in [6.45, 7) is 4.55. The van der Waals surface area contributed by atoms with Gasteiger partial charge >= 0.3 is 0 Å². The van der Waals surface area contributed by atoms with Crippen LogP contribution in [0.3, 0.4) is 0 Å². The van der Waals surface area contributed by atoms with Gasteiger partial charge in [0, 0.05) is 24.4 Å². The molecule has 4 rings (SSSR count). The van der Waals surface area contributed by atoms with E-state index in [0.717, 1.165) is 40.7 Å². The third-order valence-electron chi connectivity index (χ3n) is 5.16. The molecule has 4 heteroatoms. The van der Waals surface area contributed by atoms with Crippen molar-refractivity contribution >= 4 is 10.9 Å². The molecule has 3 nitrogen and oxygen atoms in total. The summed E-state index contributed by atoms with van der Waals surface area (Å²) in [5.74, 6) is -0.221. The first-order valence-electron chi connectivity index (χ1n) is 8.95. The van der Waals surface area contributed by atoms with Gasteiger partial charge in [-0.3, -0.25) is 0 Å². The van der Waals surface area contributed by atoms with Crippen molar-refractivity contribution in [2.45, 2.75) is 32.2 Å². The van der Waals surface area contributed by atoms with E-state index in [2.05, 4.69) is 40.2 Å². The predicted octanol–water partition coefficient (Wildman–Crippen LogP) is 4.46. The molecular weight excluding hydrogens is 313 g/mol. The molecule has 0 spiro atoms. The molecule has 0 unspecified atom stereocenters. The number of nitrogens with zero attached hydrogens (tertiary/aromatic N) is 3. The van der Waals surface area contributed by atoms with Crippen molar-refractivity contribution in [1.82, 2.24) is 15.1 Å². The first kappa shape index (κ1) is 16.2. The van der Waals surface area contributed by atoms with Crippen molar-refractivity contribution in [3.05, 3.63) is 60.0 Å². The van der Waals surface area contributed by atoms with Gasteiger partial charge in [-0.1, -0.05) is 24.3 Å². The van der Waals surface area contributed by atoms with Crippen LogP contribution >= 0.6 is 0 Å². The highest BCUT2D eigenvalue weighted by Gasteiger charge is 2.19. The fourth-order valence-corrected chi connectivity index (χ4v) is 3.61. The Morgan fingerprint density at radius 1 is 1.04 bits per heavy atom. The lowest BCUT2D eigenvalue weighted by Crippen LogP contribution is -2.29. The molecule has 0 radical (unpaired) electrons. The Morgan fingerprint density at radius 3 is 2.60 bits per heavy atom. The van der Waals surface area contributed by atoms with Crippen molar-refractivity contribution in [2.24, 2.45) is 0 Å². The highest BCUT2D eigenvalue weighted by molar-refractivity contribution is 5.84. The van der Waals surface area contributed by atoms with Gasteiger partial charge in [0.25, 0.3) is 0 Å². The minimum Gasteiger partial charge on any atom is -0.300 e. The molecule has 2 heterocycles. The molecule has 1 fully saturated rings. The van der Waals surface area contributed by atoms with Crippen LogP contribution in [0.15, 0.2) is 48.5 Å². The van der Waals surface area contributed by atoms with E-state index in [9.17, 15) is 4.39 Å². The zero-order valence-electron chi connectivity index (χ0n) is 14.5. The zero-order valence-corrected chi connectivity index (χ0v) is 14.5. The van der Waals surface area contributed by atoms with Crippen molar-refractivity contribution < 1.29 is 4.39 Å². The second kappa shape index (κ2) is 6.89. The molecule has 1 saturated heterocycles. The molecule has 0 bridgehead atoms. The average molecular weight is 335 g/mol. The van der Waals surface area contributed by atoms with Gasteiger partial charge in [-0.05, 0) is 61.7 Å². The number of fused-ring (bicyclic) bond motifs is 1. The van der Waals surface area contributed by atoms with Crippen LogP contribution in [0.1, 0.15) is 25.5 Å². The molecule has 0 N–H and O–H groups in total. The molecule has 0 saturated carbocycles. The van der Waals surface area contributed by atoms with Gasteiger partial charge in [0.2, 0.25) is 0 Å². The van der Waals surface area contributed by atoms with Gasteiger partial charge in [0.05, 0.1) is 11.2 Å². The molecule has 1 aliphatic rings. The van der Waals surface area contributed by atoms with Gasteiger partial charge in [-0.25, -0.2) is 4.39 Å². The second-order valence-corrected chi connectivity index (χ2v) is 6.89. The first-order valence-corrected chi connectivity index (χ1v) is 8.95. The van der Waals surface area contributed by atoms with Gasteiger partial charge in [0.1, 0.15) is 5.82 Å². The number of hydrogen-bond acceptors (Lipinski definition) is 3. The Morgan fingerprint density at radius 2 is 1.84 bits per heavy atom. The number of likely N-dealkylation sites (tertiary alicyclic amines) is 1. The van der Waals surface area contributed by atoms with Crippen molar-refractivity contribution in [3.8, 4) is 11.1 Å². The van der Waals surface area contributed by atoms with Crippen LogP contribution < -0.4 is 0 Å². The van der Waals surface area contributed by atoms with E-state index in [1.54, 1.807) is 12.1 Å². The van der Waals surface area contributed by atoms with E-state index in [4.69, 9.17) is 0 Å². The summed E-state index contributed by atoms with van der Waals surface area (Å²) in [5.41, 5.74) is 3.93. The van der Waals surface area contributed by atoms with Crippen molar-refractivity contribution in [3.63, 3.8) is 0 Å². The van der Waals surface area contributed by atoms with E-state index in [1.807, 2.05) is 6.07 Å². The topological polar surface area (TPSA) is 29.0 Å². The molecule has 25 heavy (non-hydrogen) atoms. The highest BCUT2D eigenvalue weighted by Crippen LogP contribution is 2.24. The summed E-state index contributed by atoms with van der Waals surface area (Å²) in [6.07, 6.45) is 3.54. The minimum absolute atomic E-state index is 0.221. The normalized spacial score (nSPS) is 18.1. The molecule has 2 aromatic carbocycles. The lowest BCUT2D eigenvalue weighted by molar-refractivity contribution is 0.271. The summed E-state index contributed by atoms with van der Waals surface area (Å²) in [5, 5.41) is 9.91. The molecule has 3 aromatic rings. The first-order chi connectivity index (χ1) is 12.2. The van der Waals surface area contributed by atoms with Crippen LogP contribution in [0.25, 0.3) is 22.0 Å². The third-order valence-corrected chi connectivity index (χ3v) is 5.16. The Bertz CT molecular complexity index is 876. The summed E-state index contributed by atoms with van der Waals surface area (Å²) >= 11 is 0. The number of aromatic nitrogens is 2. The molecule has 128 valence electrons. The van der Waals surface area contributed by atoms with E-state index in [0.29, 0.717) is 6.04 Å². The SMILES string of the molecule is C[C@@H]1CCCN1CCc1cc2ccc(-c3ccc(F)cc3)cc2nn1. The quantitative estimate of drug-likeness (QED) is 0.705. The third kappa shape index (κ3) is 3.54. The van der Waals surface area contributed by atoms with Crippen LogP contribution in [-0.2, 0) is 6.42 Å². The molecule has 0 amide bonds. The maximum atomic E-state index is 13.1. The number of hydrogen-bond donors (Lipinski definition) is 0. The Hall–Kier alpha value is -2.33. The fourth-order valence-electron chi connectivity index (χ4n) is 3.61. The Kier molecular flexibility index (Phi) is 4.45. The number of benzene rings is 2. The average Bonchev–Trinajstić information content (AvgIpc) is 3.05. The smallest absolute Gasteiger partial charge is 0.123 e. The lowest BCUT2D eigenvalue weighted by atomic mass is 10.0. The molecule has 1 atom stereocenters. The second-order valence-electron chi connectivity index (χ2n) is 6.89. The van der Waals surface area contributed by atoms with Crippen molar-refractivity contribution in [2.75, 3.05) is 13.1 Å². The summed E-state index contributed by atoms with van der Waals surface area (Å²) < 4.78 is 13.1.